The van der Waals surface area contributed by atoms with E-state index in [1.807, 2.05) is 0 Å². The van der Waals surface area contributed by atoms with Gasteiger partial charge >= 0.3 is 0 Å². The fraction of sp³-hybridized carbons (Fsp3) is 0.188. The molecule has 2 aromatic rings. The minimum absolute atomic E-state index is 0.146. The number of halogens is 1. The molecule has 1 aromatic carbocycles. The number of carbonyl (C=O) groups excluding carboxylic acids is 2. The number of methoxy groups -OCH3 is 1. The van der Waals surface area contributed by atoms with E-state index in [1.165, 1.54) is 25.4 Å². The van der Waals surface area contributed by atoms with Gasteiger partial charge in [0.1, 0.15) is 11.4 Å². The molecule has 0 saturated carbocycles. The molecule has 23 heavy (non-hydrogen) atoms. The maximum Gasteiger partial charge on any atom is 0.261 e. The van der Waals surface area contributed by atoms with Crippen molar-refractivity contribution in [1.29, 1.82) is 0 Å². The predicted molar refractivity (Wildman–Crippen MR) is 83.7 cm³/mol. The van der Waals surface area contributed by atoms with Crippen molar-refractivity contribution in [3.8, 4) is 5.75 Å². The summed E-state index contributed by atoms with van der Waals surface area (Å²) in [6.07, 6.45) is 1.01. The molecule has 6 nitrogen and oxygen atoms in total. The summed E-state index contributed by atoms with van der Waals surface area (Å²) < 4.78 is 5.16. The molecule has 0 bridgehead atoms. The number of nitrogens with zero attached hydrogens (tertiary/aromatic N) is 1. The molecule has 2 heterocycles. The fourth-order valence-electron chi connectivity index (χ4n) is 2.61. The molecule has 1 atom stereocenters. The summed E-state index contributed by atoms with van der Waals surface area (Å²) in [5, 5.41) is 13.6. The third-order valence-electron chi connectivity index (χ3n) is 3.73. The smallest absolute Gasteiger partial charge is 0.261 e. The molecule has 0 fully saturated rings. The Bertz CT molecular complexity index is 794. The summed E-state index contributed by atoms with van der Waals surface area (Å²) in [5.41, 5.74) is -1.47. The number of pyridine rings is 1. The van der Waals surface area contributed by atoms with E-state index in [2.05, 4.69) is 10.3 Å². The zero-order valence-electron chi connectivity index (χ0n) is 12.2. The van der Waals surface area contributed by atoms with Crippen LogP contribution in [-0.4, -0.2) is 28.9 Å². The number of carbonyl (C=O) groups is 2. The summed E-state index contributed by atoms with van der Waals surface area (Å²) in [6, 6.07) is 7.93. The maximum absolute atomic E-state index is 12.4. The number of hydrogen-bond donors (Lipinski definition) is 2. The standard InChI is InChI=1S/C16H13ClN2O4/c1-23-12-6-5-9(17)13-14(12)19-15(21)16(13,22)8-11(20)10-4-2-3-7-18-10/h2-7,22H,8H2,1H3,(H,19,21). The van der Waals surface area contributed by atoms with Crippen LogP contribution in [0.25, 0.3) is 0 Å². The van der Waals surface area contributed by atoms with E-state index >= 15 is 0 Å². The normalized spacial score (nSPS) is 19.2. The van der Waals surface area contributed by atoms with Crippen LogP contribution in [0.15, 0.2) is 36.5 Å². The summed E-state index contributed by atoms with van der Waals surface area (Å²) in [7, 11) is 1.44. The third-order valence-corrected chi connectivity index (χ3v) is 4.05. The van der Waals surface area contributed by atoms with Crippen LogP contribution in [0.2, 0.25) is 5.02 Å². The number of Topliss-reactive ketones (excluding diaryl/α,β-unsaturated/α-hetero) is 1. The Morgan fingerprint density at radius 1 is 1.39 bits per heavy atom. The van der Waals surface area contributed by atoms with Crippen molar-refractivity contribution in [3.63, 3.8) is 0 Å². The minimum Gasteiger partial charge on any atom is -0.495 e. The topological polar surface area (TPSA) is 88.5 Å². The number of nitrogens with one attached hydrogen (secondary N) is 1. The first-order valence-corrected chi connectivity index (χ1v) is 7.20. The predicted octanol–water partition coefficient (Wildman–Crippen LogP) is 2.16. The van der Waals surface area contributed by atoms with Crippen LogP contribution in [-0.2, 0) is 10.4 Å². The summed E-state index contributed by atoms with van der Waals surface area (Å²) in [5.74, 6) is -0.822. The minimum atomic E-state index is -2.06. The van der Waals surface area contributed by atoms with E-state index in [-0.39, 0.29) is 22.0 Å². The first-order chi connectivity index (χ1) is 11.0. The Labute approximate surface area is 137 Å². The Hall–Kier alpha value is -2.44. The molecule has 3 rings (SSSR count). The number of anilines is 1. The molecule has 0 aliphatic carbocycles. The number of fused-ring (bicyclic) bond motifs is 1. The highest BCUT2D eigenvalue weighted by Gasteiger charge is 2.49. The van der Waals surface area contributed by atoms with Gasteiger partial charge in [0.25, 0.3) is 5.91 Å². The van der Waals surface area contributed by atoms with Gasteiger partial charge in [0.15, 0.2) is 11.4 Å². The zero-order chi connectivity index (χ0) is 16.6. The van der Waals surface area contributed by atoms with Crippen molar-refractivity contribution in [2.75, 3.05) is 12.4 Å². The van der Waals surface area contributed by atoms with E-state index in [4.69, 9.17) is 16.3 Å². The van der Waals surface area contributed by atoms with Gasteiger partial charge in [-0.15, -0.1) is 0 Å². The van der Waals surface area contributed by atoms with E-state index < -0.39 is 23.7 Å². The number of aromatic nitrogens is 1. The highest BCUT2D eigenvalue weighted by Crippen LogP contribution is 2.47. The van der Waals surface area contributed by atoms with Crippen molar-refractivity contribution in [1.82, 2.24) is 4.98 Å². The van der Waals surface area contributed by atoms with Gasteiger partial charge < -0.3 is 15.2 Å². The number of rotatable bonds is 4. The number of hydrogen-bond acceptors (Lipinski definition) is 5. The van der Waals surface area contributed by atoms with Crippen molar-refractivity contribution in [2.45, 2.75) is 12.0 Å². The Morgan fingerprint density at radius 2 is 2.17 bits per heavy atom. The lowest BCUT2D eigenvalue weighted by atomic mass is 9.89. The van der Waals surface area contributed by atoms with Crippen molar-refractivity contribution in [2.24, 2.45) is 0 Å². The Kier molecular flexibility index (Phi) is 3.79. The molecular formula is C16H13ClN2O4. The van der Waals surface area contributed by atoms with Gasteiger partial charge in [0, 0.05) is 16.8 Å². The quantitative estimate of drug-likeness (QED) is 0.838. The summed E-state index contributed by atoms with van der Waals surface area (Å²) in [6.45, 7) is 0. The largest absolute Gasteiger partial charge is 0.495 e. The van der Waals surface area contributed by atoms with Crippen molar-refractivity contribution in [3.05, 3.63) is 52.8 Å². The lowest BCUT2D eigenvalue weighted by Gasteiger charge is -2.21. The Balaban J connectivity index is 2.04. The van der Waals surface area contributed by atoms with Crippen LogP contribution < -0.4 is 10.1 Å². The highest BCUT2D eigenvalue weighted by atomic mass is 35.5. The molecule has 1 aromatic heterocycles. The summed E-state index contributed by atoms with van der Waals surface area (Å²) >= 11 is 6.14. The van der Waals surface area contributed by atoms with Crippen LogP contribution in [0, 0.1) is 0 Å². The average molecular weight is 333 g/mol. The van der Waals surface area contributed by atoms with Crippen LogP contribution >= 0.6 is 11.6 Å². The van der Waals surface area contributed by atoms with E-state index in [0.29, 0.717) is 5.75 Å². The lowest BCUT2D eigenvalue weighted by Crippen LogP contribution is -2.36. The van der Waals surface area contributed by atoms with Gasteiger partial charge in [-0.3, -0.25) is 14.6 Å². The van der Waals surface area contributed by atoms with Gasteiger partial charge in [-0.05, 0) is 24.3 Å². The summed E-state index contributed by atoms with van der Waals surface area (Å²) in [4.78, 5) is 28.6. The van der Waals surface area contributed by atoms with Crippen LogP contribution in [0.5, 0.6) is 5.75 Å². The first kappa shape index (κ1) is 15.5. The van der Waals surface area contributed by atoms with E-state index in [1.54, 1.807) is 18.2 Å². The molecule has 1 aliphatic rings. The second kappa shape index (κ2) is 5.64. The number of amides is 1. The number of benzene rings is 1. The van der Waals surface area contributed by atoms with Gasteiger partial charge in [-0.1, -0.05) is 17.7 Å². The molecule has 1 amide bonds. The van der Waals surface area contributed by atoms with Crippen LogP contribution in [0.4, 0.5) is 5.69 Å². The second-order valence-electron chi connectivity index (χ2n) is 5.13. The van der Waals surface area contributed by atoms with Gasteiger partial charge in [0.05, 0.1) is 19.2 Å². The number of ether oxygens (including phenoxy) is 1. The molecular weight excluding hydrogens is 320 g/mol. The van der Waals surface area contributed by atoms with Gasteiger partial charge in [-0.2, -0.15) is 0 Å². The second-order valence-corrected chi connectivity index (χ2v) is 5.54. The monoisotopic (exact) mass is 332 g/mol. The average Bonchev–Trinajstić information content (AvgIpc) is 2.81. The molecule has 0 saturated heterocycles. The van der Waals surface area contributed by atoms with Crippen molar-refractivity contribution < 1.29 is 19.4 Å². The zero-order valence-corrected chi connectivity index (χ0v) is 12.9. The van der Waals surface area contributed by atoms with Crippen molar-refractivity contribution >= 4 is 29.0 Å². The molecule has 7 heteroatoms. The molecule has 1 aliphatic heterocycles. The fourth-order valence-corrected chi connectivity index (χ4v) is 2.92. The molecule has 118 valence electrons. The highest BCUT2D eigenvalue weighted by molar-refractivity contribution is 6.33. The van der Waals surface area contributed by atoms with Gasteiger partial charge in [0.2, 0.25) is 0 Å². The SMILES string of the molecule is COc1ccc(Cl)c2c1NC(=O)C2(O)CC(=O)c1ccccn1. The maximum atomic E-state index is 12.4. The van der Waals surface area contributed by atoms with Gasteiger partial charge in [-0.25, -0.2) is 0 Å². The Morgan fingerprint density at radius 3 is 2.83 bits per heavy atom. The molecule has 1 unspecified atom stereocenters. The van der Waals surface area contributed by atoms with E-state index in [9.17, 15) is 14.7 Å². The lowest BCUT2D eigenvalue weighted by molar-refractivity contribution is -0.133. The molecule has 0 radical (unpaired) electrons. The molecule has 0 spiro atoms. The number of aliphatic hydroxyl groups is 1. The van der Waals surface area contributed by atoms with Crippen LogP contribution in [0.3, 0.4) is 0 Å². The van der Waals surface area contributed by atoms with Crippen LogP contribution in [0.1, 0.15) is 22.5 Å². The van der Waals surface area contributed by atoms with E-state index in [0.717, 1.165) is 0 Å². The first-order valence-electron chi connectivity index (χ1n) is 6.82. The molecule has 2 N–H and O–H groups in total. The third kappa shape index (κ3) is 2.46. The number of ketones is 1.